The van der Waals surface area contributed by atoms with Gasteiger partial charge in [-0.15, -0.1) is 0 Å². The number of hydrogen-bond acceptors (Lipinski definition) is 3. The first-order valence-electron chi connectivity index (χ1n) is 9.49. The maximum absolute atomic E-state index is 12.6. The van der Waals surface area contributed by atoms with Gasteiger partial charge in [-0.05, 0) is 73.7 Å². The summed E-state index contributed by atoms with van der Waals surface area (Å²) in [6.07, 6.45) is 2.50. The zero-order valence-electron chi connectivity index (χ0n) is 17.2. The van der Waals surface area contributed by atoms with E-state index >= 15 is 0 Å². The van der Waals surface area contributed by atoms with Crippen LogP contribution in [0.5, 0.6) is 0 Å². The first-order chi connectivity index (χ1) is 14.0. The van der Waals surface area contributed by atoms with Gasteiger partial charge >= 0.3 is 0 Å². The lowest BCUT2D eigenvalue weighted by molar-refractivity contribution is -0.112. The second-order valence-corrected chi connectivity index (χ2v) is 9.41. The van der Waals surface area contributed by atoms with E-state index in [2.05, 4.69) is 38.0 Å². The molecule has 156 valence electrons. The van der Waals surface area contributed by atoms with Gasteiger partial charge in [0.1, 0.15) is 11.6 Å². The van der Waals surface area contributed by atoms with Crippen LogP contribution in [0.4, 0.5) is 11.4 Å². The monoisotopic (exact) mass is 461 g/mol. The van der Waals surface area contributed by atoms with E-state index in [1.165, 1.54) is 12.1 Å². The van der Waals surface area contributed by atoms with Crippen LogP contribution in [0.2, 0.25) is 15.1 Å². The van der Waals surface area contributed by atoms with Gasteiger partial charge in [0, 0.05) is 28.3 Å². The molecule has 0 radical (unpaired) electrons. The van der Waals surface area contributed by atoms with Gasteiger partial charge in [-0.1, -0.05) is 41.7 Å². The molecule has 30 heavy (non-hydrogen) atoms. The zero-order chi connectivity index (χ0) is 22.2. The molecule has 0 fully saturated rings. The molecule has 0 aromatic heterocycles. The smallest absolute Gasteiger partial charge is 0.266 e. The predicted octanol–water partition coefficient (Wildman–Crippen LogP) is 6.91. The summed E-state index contributed by atoms with van der Waals surface area (Å²) < 4.78 is 0. The molecule has 0 unspecified atom stereocenters. The van der Waals surface area contributed by atoms with Gasteiger partial charge in [0.25, 0.3) is 5.91 Å². The Morgan fingerprint density at radius 3 is 2.57 bits per heavy atom. The van der Waals surface area contributed by atoms with Gasteiger partial charge in [0.05, 0.1) is 10.7 Å². The van der Waals surface area contributed by atoms with Crippen molar-refractivity contribution in [3.8, 4) is 6.07 Å². The Balaban J connectivity index is 1.96. The molecular weight excluding hydrogens is 441 g/mol. The highest BCUT2D eigenvalue weighted by Crippen LogP contribution is 2.44. The van der Waals surface area contributed by atoms with E-state index < -0.39 is 5.91 Å². The minimum Gasteiger partial charge on any atom is -0.369 e. The number of fused-ring (bicyclic) bond motifs is 1. The summed E-state index contributed by atoms with van der Waals surface area (Å²) >= 11 is 18.5. The fourth-order valence-electron chi connectivity index (χ4n) is 3.80. The highest BCUT2D eigenvalue weighted by molar-refractivity contribution is 6.37. The Labute approximate surface area is 192 Å². The third-order valence-electron chi connectivity index (χ3n) is 5.60. The van der Waals surface area contributed by atoms with E-state index in [4.69, 9.17) is 34.8 Å². The van der Waals surface area contributed by atoms with Crippen LogP contribution in [0.1, 0.15) is 44.2 Å². The maximum atomic E-state index is 12.6. The van der Waals surface area contributed by atoms with Crippen LogP contribution in [0, 0.1) is 11.3 Å². The van der Waals surface area contributed by atoms with Gasteiger partial charge in [-0.2, -0.15) is 5.26 Å². The van der Waals surface area contributed by atoms with Crippen LogP contribution in [0.25, 0.3) is 6.08 Å². The van der Waals surface area contributed by atoms with E-state index in [0.29, 0.717) is 32.2 Å². The molecule has 0 aliphatic carbocycles. The van der Waals surface area contributed by atoms with Crippen molar-refractivity contribution in [2.45, 2.75) is 38.6 Å². The molecule has 3 rings (SSSR count). The lowest BCUT2D eigenvalue weighted by atomic mass is 9.80. The van der Waals surface area contributed by atoms with Gasteiger partial charge in [-0.3, -0.25) is 4.79 Å². The van der Waals surface area contributed by atoms with Crippen molar-refractivity contribution in [1.29, 1.82) is 5.26 Å². The summed E-state index contributed by atoms with van der Waals surface area (Å²) in [5.74, 6) is -0.246. The number of anilines is 2. The minimum atomic E-state index is -0.568. The summed E-state index contributed by atoms with van der Waals surface area (Å²) in [5, 5.41) is 13.4. The van der Waals surface area contributed by atoms with Gasteiger partial charge < -0.3 is 10.2 Å². The number of benzene rings is 2. The normalized spacial score (nSPS) is 17.9. The van der Waals surface area contributed by atoms with Crippen LogP contribution in [0.15, 0.2) is 35.9 Å². The standard InChI is InChI=1S/C23H22Cl3N3O/c1-13-11-23(2,3)29(4)21-10-18(25)14(8-17(13)21)7-15(12-27)22(30)28-20-6-5-16(24)9-19(20)26/h5-10,13H,11H2,1-4H3,(H,28,30)/b15-7-/t13-/m1/s1. The Morgan fingerprint density at radius 1 is 1.23 bits per heavy atom. The van der Waals surface area contributed by atoms with Crippen molar-refractivity contribution in [1.82, 2.24) is 0 Å². The molecule has 2 aromatic rings. The highest BCUT2D eigenvalue weighted by atomic mass is 35.5. The fourth-order valence-corrected chi connectivity index (χ4v) is 4.47. The molecule has 0 spiro atoms. The van der Waals surface area contributed by atoms with E-state index in [1.807, 2.05) is 18.2 Å². The largest absolute Gasteiger partial charge is 0.369 e. The van der Waals surface area contributed by atoms with E-state index in [9.17, 15) is 10.1 Å². The molecule has 1 aliphatic heterocycles. The number of nitrogens with one attached hydrogen (secondary N) is 1. The number of halogens is 3. The number of nitriles is 1. The molecule has 7 heteroatoms. The van der Waals surface area contributed by atoms with E-state index in [0.717, 1.165) is 17.7 Å². The number of amides is 1. The SMILES string of the molecule is C[C@@H]1CC(C)(C)N(C)c2cc(Cl)c(/C=C(/C#N)C(=O)Nc3ccc(Cl)cc3Cl)cc21. The molecule has 4 nitrogen and oxygen atoms in total. The van der Waals surface area contributed by atoms with Gasteiger partial charge in [-0.25, -0.2) is 0 Å². The maximum Gasteiger partial charge on any atom is 0.266 e. The van der Waals surface area contributed by atoms with E-state index in [1.54, 1.807) is 12.1 Å². The van der Waals surface area contributed by atoms with Crippen LogP contribution in [-0.4, -0.2) is 18.5 Å². The molecule has 0 saturated carbocycles. The van der Waals surface area contributed by atoms with Crippen molar-refractivity contribution in [2.24, 2.45) is 0 Å². The second-order valence-electron chi connectivity index (χ2n) is 8.16. The molecule has 1 aliphatic rings. The third-order valence-corrected chi connectivity index (χ3v) is 6.47. The molecule has 0 saturated heterocycles. The van der Waals surface area contributed by atoms with Crippen LogP contribution in [-0.2, 0) is 4.79 Å². The quantitative estimate of drug-likeness (QED) is 0.398. The highest BCUT2D eigenvalue weighted by Gasteiger charge is 2.34. The number of carbonyl (C=O) groups excluding carboxylic acids is 1. The Bertz CT molecular complexity index is 1090. The summed E-state index contributed by atoms with van der Waals surface area (Å²) in [6.45, 7) is 6.58. The van der Waals surface area contributed by atoms with Gasteiger partial charge in [0.15, 0.2) is 0 Å². The average molecular weight is 463 g/mol. The summed E-state index contributed by atoms with van der Waals surface area (Å²) in [5.41, 5.74) is 3.16. The van der Waals surface area contributed by atoms with Crippen LogP contribution >= 0.6 is 34.8 Å². The van der Waals surface area contributed by atoms with Crippen LogP contribution < -0.4 is 10.2 Å². The second kappa shape index (κ2) is 8.51. The summed E-state index contributed by atoms with van der Waals surface area (Å²) in [7, 11) is 2.06. The molecule has 0 bridgehead atoms. The minimum absolute atomic E-state index is 0.0165. The molecule has 1 amide bonds. The summed E-state index contributed by atoms with van der Waals surface area (Å²) in [6, 6.07) is 10.5. The van der Waals surface area contributed by atoms with Crippen molar-refractivity contribution in [3.05, 3.63) is 62.1 Å². The number of rotatable bonds is 3. The van der Waals surface area contributed by atoms with E-state index in [-0.39, 0.29) is 11.1 Å². The van der Waals surface area contributed by atoms with Crippen molar-refractivity contribution >= 4 is 58.2 Å². The Kier molecular flexibility index (Phi) is 6.38. The number of carbonyl (C=O) groups is 1. The number of hydrogen-bond donors (Lipinski definition) is 1. The first-order valence-corrected chi connectivity index (χ1v) is 10.6. The Hall–Kier alpha value is -2.19. The third kappa shape index (κ3) is 4.44. The summed E-state index contributed by atoms with van der Waals surface area (Å²) in [4.78, 5) is 14.9. The molecule has 1 N–H and O–H groups in total. The average Bonchev–Trinajstić information content (AvgIpc) is 2.66. The van der Waals surface area contributed by atoms with Crippen molar-refractivity contribution in [2.75, 3.05) is 17.3 Å². The molecular formula is C23H22Cl3N3O. The molecule has 1 atom stereocenters. The lowest BCUT2D eigenvalue weighted by Crippen LogP contribution is -2.45. The lowest BCUT2D eigenvalue weighted by Gasteiger charge is -2.45. The predicted molar refractivity (Wildman–Crippen MR) is 126 cm³/mol. The van der Waals surface area contributed by atoms with Crippen molar-refractivity contribution < 1.29 is 4.79 Å². The number of nitrogens with zero attached hydrogens (tertiary/aromatic N) is 2. The zero-order valence-corrected chi connectivity index (χ0v) is 19.5. The van der Waals surface area contributed by atoms with Crippen molar-refractivity contribution in [3.63, 3.8) is 0 Å². The van der Waals surface area contributed by atoms with Gasteiger partial charge in [0.2, 0.25) is 0 Å². The fraction of sp³-hybridized carbons (Fsp3) is 0.304. The molecule has 1 heterocycles. The first kappa shape index (κ1) is 22.5. The Morgan fingerprint density at radius 2 is 1.93 bits per heavy atom. The molecule has 2 aromatic carbocycles. The van der Waals surface area contributed by atoms with Crippen LogP contribution in [0.3, 0.4) is 0 Å². The topological polar surface area (TPSA) is 56.1 Å².